The van der Waals surface area contributed by atoms with Gasteiger partial charge in [0.15, 0.2) is 0 Å². The number of benzene rings is 1. The van der Waals surface area contributed by atoms with E-state index in [4.69, 9.17) is 0 Å². The van der Waals surface area contributed by atoms with Crippen LogP contribution < -0.4 is 10.6 Å². The lowest BCUT2D eigenvalue weighted by Crippen LogP contribution is -2.38. The molecule has 2 N–H and O–H groups in total. The van der Waals surface area contributed by atoms with E-state index in [2.05, 4.69) is 29.5 Å². The molecule has 2 rings (SSSR count). The second-order valence-electron chi connectivity index (χ2n) is 4.97. The molecule has 0 bridgehead atoms. The van der Waals surface area contributed by atoms with Crippen LogP contribution in [0.1, 0.15) is 29.2 Å². The van der Waals surface area contributed by atoms with Crippen LogP contribution in [-0.2, 0) is 0 Å². The number of nitrogens with zero attached hydrogens (tertiary/aromatic N) is 1. The van der Waals surface area contributed by atoms with E-state index in [1.54, 1.807) is 0 Å². The van der Waals surface area contributed by atoms with Gasteiger partial charge in [0.25, 0.3) is 5.91 Å². The smallest absolute Gasteiger partial charge is 0.263 e. The number of aromatic nitrogens is 1. The average molecular weight is 376 g/mol. The van der Waals surface area contributed by atoms with Gasteiger partial charge in [-0.25, -0.2) is 4.98 Å². The Morgan fingerprint density at radius 2 is 1.91 bits per heavy atom. The molecule has 0 aliphatic carbocycles. The summed E-state index contributed by atoms with van der Waals surface area (Å²) in [7, 11) is 0. The lowest BCUT2D eigenvalue weighted by molar-refractivity contribution is 0.0953. The largest absolute Gasteiger partial charge is 0.350 e. The predicted octanol–water partition coefficient (Wildman–Crippen LogP) is 3.69. The van der Waals surface area contributed by atoms with Gasteiger partial charge in [-0.2, -0.15) is 0 Å². The molecule has 0 unspecified atom stereocenters. The van der Waals surface area contributed by atoms with Gasteiger partial charge in [0.1, 0.15) is 9.88 Å². The molecule has 0 saturated heterocycles. The summed E-state index contributed by atoms with van der Waals surface area (Å²) in [6, 6.07) is 10.2. The van der Waals surface area contributed by atoms with Crippen LogP contribution in [0.4, 0.5) is 0 Å². The van der Waals surface area contributed by atoms with E-state index in [0.717, 1.165) is 22.8 Å². The summed E-state index contributed by atoms with van der Waals surface area (Å²) in [6.07, 6.45) is 0. The van der Waals surface area contributed by atoms with Crippen LogP contribution in [0.25, 0.3) is 10.6 Å². The minimum atomic E-state index is -0.0445. The van der Waals surface area contributed by atoms with E-state index in [1.807, 2.05) is 37.3 Å². The van der Waals surface area contributed by atoms with Crippen molar-refractivity contribution in [3.8, 4) is 10.6 Å². The van der Waals surface area contributed by atoms with Gasteiger partial charge in [-0.1, -0.05) is 37.3 Å². The SMILES string of the molecule is CCN[C@H](C)CNC(=O)c1sc(-c2ccccc2)nc1C.Cl.Cl. The highest BCUT2D eigenvalue weighted by atomic mass is 35.5. The molecule has 1 aromatic heterocycles. The minimum Gasteiger partial charge on any atom is -0.350 e. The number of halogens is 2. The first-order valence-corrected chi connectivity index (χ1v) is 7.98. The van der Waals surface area contributed by atoms with E-state index in [1.165, 1.54) is 11.3 Å². The molecule has 0 fully saturated rings. The zero-order chi connectivity index (χ0) is 15.2. The molecule has 0 saturated carbocycles. The van der Waals surface area contributed by atoms with Gasteiger partial charge in [-0.15, -0.1) is 36.2 Å². The van der Waals surface area contributed by atoms with E-state index >= 15 is 0 Å². The minimum absolute atomic E-state index is 0. The molecule has 4 nitrogen and oxygen atoms in total. The maximum Gasteiger partial charge on any atom is 0.263 e. The summed E-state index contributed by atoms with van der Waals surface area (Å²) in [5.41, 5.74) is 1.83. The second kappa shape index (κ2) is 10.6. The summed E-state index contributed by atoms with van der Waals surface area (Å²) in [6.45, 7) is 7.50. The molecule has 1 heterocycles. The van der Waals surface area contributed by atoms with Crippen molar-refractivity contribution in [1.29, 1.82) is 0 Å². The zero-order valence-electron chi connectivity index (χ0n) is 13.5. The third-order valence-electron chi connectivity index (χ3n) is 3.14. The number of hydrogen-bond acceptors (Lipinski definition) is 4. The van der Waals surface area contributed by atoms with Crippen LogP contribution in [0.2, 0.25) is 0 Å². The number of likely N-dealkylation sites (N-methyl/N-ethyl adjacent to an activating group) is 1. The van der Waals surface area contributed by atoms with Crippen molar-refractivity contribution in [3.05, 3.63) is 40.9 Å². The fourth-order valence-electron chi connectivity index (χ4n) is 2.06. The van der Waals surface area contributed by atoms with E-state index in [0.29, 0.717) is 11.4 Å². The first kappa shape index (κ1) is 21.9. The Hall–Kier alpha value is -1.14. The Balaban J connectivity index is 0.00000242. The summed E-state index contributed by atoms with van der Waals surface area (Å²) < 4.78 is 0. The Bertz CT molecular complexity index is 605. The van der Waals surface area contributed by atoms with Gasteiger partial charge >= 0.3 is 0 Å². The van der Waals surface area contributed by atoms with E-state index in [-0.39, 0.29) is 36.8 Å². The van der Waals surface area contributed by atoms with Gasteiger partial charge in [-0.3, -0.25) is 4.79 Å². The number of carbonyl (C=O) groups is 1. The first-order valence-electron chi connectivity index (χ1n) is 7.16. The Labute approximate surface area is 153 Å². The topological polar surface area (TPSA) is 54.0 Å². The van der Waals surface area contributed by atoms with Gasteiger partial charge in [0, 0.05) is 18.2 Å². The van der Waals surface area contributed by atoms with Crippen LogP contribution in [0.3, 0.4) is 0 Å². The Kier molecular flexibility index (Phi) is 10.1. The van der Waals surface area contributed by atoms with Crippen molar-refractivity contribution in [1.82, 2.24) is 15.6 Å². The number of rotatable bonds is 6. The molecule has 1 aromatic carbocycles. The summed E-state index contributed by atoms with van der Waals surface area (Å²) in [5.74, 6) is -0.0445. The fourth-order valence-corrected chi connectivity index (χ4v) is 3.05. The standard InChI is InChI=1S/C16H21N3OS.2ClH/c1-4-17-11(2)10-18-15(20)14-12(3)19-16(21-14)13-8-6-5-7-9-13;;/h5-9,11,17H,4,10H2,1-3H3,(H,18,20);2*1H/t11-;;/m1../s1. The fraction of sp³-hybridized carbons (Fsp3) is 0.375. The summed E-state index contributed by atoms with van der Waals surface area (Å²) in [4.78, 5) is 17.5. The lowest BCUT2D eigenvalue weighted by Gasteiger charge is -2.12. The molecular weight excluding hydrogens is 353 g/mol. The number of amides is 1. The molecule has 1 amide bonds. The van der Waals surface area contributed by atoms with Crippen LogP contribution in [0.5, 0.6) is 0 Å². The molecule has 128 valence electrons. The molecule has 2 aromatic rings. The van der Waals surface area contributed by atoms with Crippen molar-refractivity contribution in [2.75, 3.05) is 13.1 Å². The van der Waals surface area contributed by atoms with E-state index in [9.17, 15) is 4.79 Å². The van der Waals surface area contributed by atoms with Crippen LogP contribution in [-0.4, -0.2) is 30.0 Å². The van der Waals surface area contributed by atoms with E-state index < -0.39 is 0 Å². The van der Waals surface area contributed by atoms with Gasteiger partial charge in [-0.05, 0) is 20.4 Å². The van der Waals surface area contributed by atoms with Crippen molar-refractivity contribution >= 4 is 42.1 Å². The number of thiazole rings is 1. The van der Waals surface area contributed by atoms with Crippen molar-refractivity contribution < 1.29 is 4.79 Å². The molecule has 23 heavy (non-hydrogen) atoms. The lowest BCUT2D eigenvalue weighted by atomic mass is 10.2. The number of carbonyl (C=O) groups excluding carboxylic acids is 1. The molecule has 0 aliphatic rings. The van der Waals surface area contributed by atoms with Crippen LogP contribution in [0, 0.1) is 6.92 Å². The molecular formula is C16H23Cl2N3OS. The van der Waals surface area contributed by atoms with Crippen molar-refractivity contribution in [2.45, 2.75) is 26.8 Å². The molecule has 1 atom stereocenters. The van der Waals surface area contributed by atoms with Gasteiger partial charge in [0.2, 0.25) is 0 Å². The number of hydrogen-bond donors (Lipinski definition) is 2. The highest BCUT2D eigenvalue weighted by Gasteiger charge is 2.16. The highest BCUT2D eigenvalue weighted by Crippen LogP contribution is 2.27. The quantitative estimate of drug-likeness (QED) is 0.809. The predicted molar refractivity (Wildman–Crippen MR) is 102 cm³/mol. The van der Waals surface area contributed by atoms with Crippen LogP contribution in [0.15, 0.2) is 30.3 Å². The molecule has 0 spiro atoms. The van der Waals surface area contributed by atoms with Crippen LogP contribution >= 0.6 is 36.2 Å². The average Bonchev–Trinajstić information content (AvgIpc) is 2.88. The van der Waals surface area contributed by atoms with Crippen molar-refractivity contribution in [2.24, 2.45) is 0 Å². The van der Waals surface area contributed by atoms with Gasteiger partial charge in [0.05, 0.1) is 5.69 Å². The summed E-state index contributed by atoms with van der Waals surface area (Å²) in [5, 5.41) is 7.12. The highest BCUT2D eigenvalue weighted by molar-refractivity contribution is 7.17. The third-order valence-corrected chi connectivity index (χ3v) is 4.35. The Morgan fingerprint density at radius 1 is 1.26 bits per heavy atom. The first-order chi connectivity index (χ1) is 10.1. The summed E-state index contributed by atoms with van der Waals surface area (Å²) >= 11 is 1.44. The maximum atomic E-state index is 12.3. The monoisotopic (exact) mass is 375 g/mol. The molecule has 7 heteroatoms. The number of aryl methyl sites for hydroxylation is 1. The van der Waals surface area contributed by atoms with Crippen molar-refractivity contribution in [3.63, 3.8) is 0 Å². The maximum absolute atomic E-state index is 12.3. The second-order valence-corrected chi connectivity index (χ2v) is 5.97. The van der Waals surface area contributed by atoms with Gasteiger partial charge < -0.3 is 10.6 Å². The normalized spacial score (nSPS) is 11.1. The third kappa shape index (κ3) is 6.11. The number of nitrogens with one attached hydrogen (secondary N) is 2. The molecule has 0 aliphatic heterocycles. The Morgan fingerprint density at radius 3 is 2.52 bits per heavy atom. The zero-order valence-corrected chi connectivity index (χ0v) is 15.9. The molecule has 0 radical (unpaired) electrons.